The molecule has 0 aromatic heterocycles. The fourth-order valence-corrected chi connectivity index (χ4v) is 3.48. The van der Waals surface area contributed by atoms with Gasteiger partial charge in [0.2, 0.25) is 11.8 Å². The molecule has 2 heterocycles. The van der Waals surface area contributed by atoms with Gasteiger partial charge in [0.05, 0.1) is 0 Å². The molecule has 0 aliphatic carbocycles. The maximum Gasteiger partial charge on any atom is 0.249 e. The van der Waals surface area contributed by atoms with Crippen molar-refractivity contribution < 1.29 is 9.59 Å². The Morgan fingerprint density at radius 3 is 2.74 bits per heavy atom. The van der Waals surface area contributed by atoms with Crippen LogP contribution in [0.2, 0.25) is 5.02 Å². The Kier molecular flexibility index (Phi) is 4.87. The van der Waals surface area contributed by atoms with Crippen molar-refractivity contribution >= 4 is 29.1 Å². The maximum absolute atomic E-state index is 12.5. The Labute approximate surface area is 141 Å². The minimum Gasteiger partial charge on any atom is -0.344 e. The van der Waals surface area contributed by atoms with E-state index in [1.807, 2.05) is 12.1 Å². The third kappa shape index (κ3) is 3.67. The molecular formula is C17H22ClN3O2. The highest BCUT2D eigenvalue weighted by Crippen LogP contribution is 2.24. The van der Waals surface area contributed by atoms with Crippen LogP contribution in [0.3, 0.4) is 0 Å². The number of rotatable bonds is 3. The number of nitrogens with one attached hydrogen (secondary N) is 2. The predicted octanol–water partition coefficient (Wildman–Crippen LogP) is 1.95. The highest BCUT2D eigenvalue weighted by molar-refractivity contribution is 6.30. The maximum atomic E-state index is 12.5. The largest absolute Gasteiger partial charge is 0.344 e. The summed E-state index contributed by atoms with van der Waals surface area (Å²) >= 11 is 5.88. The van der Waals surface area contributed by atoms with Crippen molar-refractivity contribution in [2.45, 2.75) is 38.3 Å². The molecule has 2 fully saturated rings. The van der Waals surface area contributed by atoms with E-state index in [0.717, 1.165) is 25.1 Å². The number of nitrogens with zero attached hydrogens (tertiary/aromatic N) is 1. The summed E-state index contributed by atoms with van der Waals surface area (Å²) in [6.07, 6.45) is 2.30. The van der Waals surface area contributed by atoms with E-state index in [4.69, 9.17) is 11.6 Å². The molecule has 2 saturated heterocycles. The van der Waals surface area contributed by atoms with E-state index in [1.165, 1.54) is 0 Å². The first-order chi connectivity index (χ1) is 11.0. The monoisotopic (exact) mass is 335 g/mol. The number of amides is 2. The second kappa shape index (κ2) is 6.89. The Balaban J connectivity index is 1.60. The van der Waals surface area contributed by atoms with Gasteiger partial charge in [-0.25, -0.2) is 0 Å². The van der Waals surface area contributed by atoms with Gasteiger partial charge in [-0.15, -0.1) is 0 Å². The zero-order valence-corrected chi connectivity index (χ0v) is 14.0. The summed E-state index contributed by atoms with van der Waals surface area (Å²) in [5.74, 6) is -0.0269. The molecule has 2 aliphatic heterocycles. The number of anilines is 1. The predicted molar refractivity (Wildman–Crippen MR) is 90.5 cm³/mol. The summed E-state index contributed by atoms with van der Waals surface area (Å²) < 4.78 is 0. The van der Waals surface area contributed by atoms with Crippen LogP contribution >= 0.6 is 11.6 Å². The summed E-state index contributed by atoms with van der Waals surface area (Å²) in [4.78, 5) is 26.7. The molecule has 2 N–H and O–H groups in total. The van der Waals surface area contributed by atoms with Gasteiger partial charge in [0.15, 0.2) is 0 Å². The number of benzene rings is 1. The van der Waals surface area contributed by atoms with Crippen molar-refractivity contribution in [2.24, 2.45) is 5.92 Å². The number of halogens is 1. The summed E-state index contributed by atoms with van der Waals surface area (Å²) in [6, 6.07) is 7.14. The molecule has 1 aromatic rings. The molecular weight excluding hydrogens is 314 g/mol. The van der Waals surface area contributed by atoms with Crippen LogP contribution in [-0.2, 0) is 9.59 Å². The van der Waals surface area contributed by atoms with Crippen LogP contribution in [0.4, 0.5) is 5.69 Å². The topological polar surface area (TPSA) is 61.4 Å². The molecule has 6 heteroatoms. The average Bonchev–Trinajstić information content (AvgIpc) is 2.89. The van der Waals surface area contributed by atoms with E-state index in [-0.39, 0.29) is 17.7 Å². The van der Waals surface area contributed by atoms with Crippen molar-refractivity contribution in [3.05, 3.63) is 29.3 Å². The molecule has 5 nitrogen and oxygen atoms in total. The van der Waals surface area contributed by atoms with Gasteiger partial charge >= 0.3 is 0 Å². The van der Waals surface area contributed by atoms with E-state index in [9.17, 15) is 9.59 Å². The summed E-state index contributed by atoms with van der Waals surface area (Å²) in [5, 5.41) is 6.93. The summed E-state index contributed by atoms with van der Waals surface area (Å²) in [7, 11) is 0. The average molecular weight is 336 g/mol. The Hall–Kier alpha value is -1.59. The minimum atomic E-state index is -0.414. The SMILES string of the molecule is C[C@H]1C[C@@H](C(=O)NC2CCN(c3ccc(Cl)cc3)C2=O)CCN1. The molecule has 2 amide bonds. The lowest BCUT2D eigenvalue weighted by Crippen LogP contribution is -2.47. The van der Waals surface area contributed by atoms with Gasteiger partial charge in [-0.3, -0.25) is 9.59 Å². The molecule has 3 atom stereocenters. The standard InChI is InChI=1S/C17H22ClN3O2/c1-11-10-12(6-8-19-11)16(22)20-15-7-9-21(17(15)23)14-4-2-13(18)3-5-14/h2-5,11-12,15,19H,6-10H2,1H3,(H,20,22)/t11-,12-,15?/m0/s1. The first-order valence-electron chi connectivity index (χ1n) is 8.15. The van der Waals surface area contributed by atoms with Crippen molar-refractivity contribution in [1.82, 2.24) is 10.6 Å². The highest BCUT2D eigenvalue weighted by Gasteiger charge is 2.35. The second-order valence-corrected chi connectivity index (χ2v) is 6.83. The van der Waals surface area contributed by atoms with Crippen LogP contribution in [0.15, 0.2) is 24.3 Å². The molecule has 23 heavy (non-hydrogen) atoms. The van der Waals surface area contributed by atoms with Gasteiger partial charge in [-0.05, 0) is 57.0 Å². The van der Waals surface area contributed by atoms with Crippen LogP contribution in [0.5, 0.6) is 0 Å². The Bertz CT molecular complexity index is 590. The van der Waals surface area contributed by atoms with Crippen molar-refractivity contribution in [3.8, 4) is 0 Å². The van der Waals surface area contributed by atoms with Crippen LogP contribution in [0, 0.1) is 5.92 Å². The van der Waals surface area contributed by atoms with Crippen molar-refractivity contribution in [3.63, 3.8) is 0 Å². The third-order valence-electron chi connectivity index (χ3n) is 4.65. The molecule has 2 aliphatic rings. The molecule has 0 spiro atoms. The van der Waals surface area contributed by atoms with Gasteiger partial charge in [-0.2, -0.15) is 0 Å². The Morgan fingerprint density at radius 2 is 2.04 bits per heavy atom. The normalized spacial score (nSPS) is 28.0. The molecule has 0 radical (unpaired) electrons. The molecule has 0 saturated carbocycles. The Morgan fingerprint density at radius 1 is 1.30 bits per heavy atom. The second-order valence-electron chi connectivity index (χ2n) is 6.39. The van der Waals surface area contributed by atoms with Gasteiger partial charge < -0.3 is 15.5 Å². The third-order valence-corrected chi connectivity index (χ3v) is 4.91. The lowest BCUT2D eigenvalue weighted by atomic mass is 9.92. The van der Waals surface area contributed by atoms with Gasteiger partial charge in [0, 0.05) is 29.2 Å². The van der Waals surface area contributed by atoms with Crippen molar-refractivity contribution in [1.29, 1.82) is 0 Å². The van der Waals surface area contributed by atoms with Gasteiger partial charge in [0.25, 0.3) is 0 Å². The minimum absolute atomic E-state index is 0.00336. The number of hydrogen-bond donors (Lipinski definition) is 2. The van der Waals surface area contributed by atoms with Crippen LogP contribution in [0.25, 0.3) is 0 Å². The number of piperidine rings is 1. The van der Waals surface area contributed by atoms with Crippen LogP contribution in [0.1, 0.15) is 26.2 Å². The molecule has 0 bridgehead atoms. The van der Waals surface area contributed by atoms with Gasteiger partial charge in [-0.1, -0.05) is 11.6 Å². The summed E-state index contributed by atoms with van der Waals surface area (Å²) in [6.45, 7) is 3.56. The lowest BCUT2D eigenvalue weighted by Gasteiger charge is -2.28. The van der Waals surface area contributed by atoms with Crippen LogP contribution < -0.4 is 15.5 Å². The quantitative estimate of drug-likeness (QED) is 0.887. The fraction of sp³-hybridized carbons (Fsp3) is 0.529. The van der Waals surface area contributed by atoms with Crippen molar-refractivity contribution in [2.75, 3.05) is 18.0 Å². The number of carbonyl (C=O) groups excluding carboxylic acids is 2. The van der Waals surface area contributed by atoms with E-state index in [2.05, 4.69) is 17.6 Å². The molecule has 1 unspecified atom stereocenters. The number of carbonyl (C=O) groups is 2. The van der Waals surface area contributed by atoms with E-state index < -0.39 is 6.04 Å². The lowest BCUT2D eigenvalue weighted by molar-refractivity contribution is -0.130. The first kappa shape index (κ1) is 16.3. The molecule has 3 rings (SSSR count). The molecule has 124 valence electrons. The first-order valence-corrected chi connectivity index (χ1v) is 8.53. The van der Waals surface area contributed by atoms with E-state index >= 15 is 0 Å². The smallest absolute Gasteiger partial charge is 0.249 e. The summed E-state index contributed by atoms with van der Waals surface area (Å²) in [5.41, 5.74) is 0.826. The highest BCUT2D eigenvalue weighted by atomic mass is 35.5. The van der Waals surface area contributed by atoms with Crippen LogP contribution in [-0.4, -0.2) is 37.0 Å². The van der Waals surface area contributed by atoms with E-state index in [1.54, 1.807) is 17.0 Å². The zero-order chi connectivity index (χ0) is 16.4. The zero-order valence-electron chi connectivity index (χ0n) is 13.2. The number of hydrogen-bond acceptors (Lipinski definition) is 3. The van der Waals surface area contributed by atoms with Gasteiger partial charge in [0.1, 0.15) is 6.04 Å². The molecule has 1 aromatic carbocycles. The van der Waals surface area contributed by atoms with E-state index in [0.29, 0.717) is 24.0 Å². The fourth-order valence-electron chi connectivity index (χ4n) is 3.35.